The third-order valence-corrected chi connectivity index (χ3v) is 3.32. The number of halogens is 3. The lowest BCUT2D eigenvalue weighted by atomic mass is 9.97. The molecule has 1 N–H and O–H groups in total. The number of aliphatic carboxylic acids is 1. The van der Waals surface area contributed by atoms with E-state index in [1.165, 1.54) is 42.5 Å². The highest BCUT2D eigenvalue weighted by Crippen LogP contribution is 2.36. The molecule has 0 unspecified atom stereocenters. The van der Waals surface area contributed by atoms with E-state index < -0.39 is 17.7 Å². The number of carboxylic acids is 1. The molecular weight excluding hydrogens is 309 g/mol. The van der Waals surface area contributed by atoms with Crippen molar-refractivity contribution in [2.75, 3.05) is 0 Å². The average molecular weight is 322 g/mol. The number of Topliss-reactive ketones (excluding diaryl/α,β-unsaturated/α-hetero) is 1. The van der Waals surface area contributed by atoms with Gasteiger partial charge in [0.15, 0.2) is 5.78 Å². The lowest BCUT2D eigenvalue weighted by molar-refractivity contribution is -0.137. The molecule has 0 saturated heterocycles. The maximum Gasteiger partial charge on any atom is 0.417 e. The summed E-state index contributed by atoms with van der Waals surface area (Å²) in [5, 5.41) is 8.55. The fourth-order valence-electron chi connectivity index (χ4n) is 2.18. The monoisotopic (exact) mass is 322 g/mol. The van der Waals surface area contributed by atoms with E-state index in [1.807, 2.05) is 0 Å². The van der Waals surface area contributed by atoms with Crippen LogP contribution in [0.2, 0.25) is 0 Å². The predicted molar refractivity (Wildman–Crippen MR) is 78.1 cm³/mol. The summed E-state index contributed by atoms with van der Waals surface area (Å²) in [6.45, 7) is 0. The Morgan fingerprint density at radius 1 is 0.913 bits per heavy atom. The summed E-state index contributed by atoms with van der Waals surface area (Å²) in [6.07, 6.45) is -4.89. The molecule has 0 radical (unpaired) electrons. The summed E-state index contributed by atoms with van der Waals surface area (Å²) in [6, 6.07) is 10.9. The van der Waals surface area contributed by atoms with Gasteiger partial charge in [-0.1, -0.05) is 42.5 Å². The van der Waals surface area contributed by atoms with Gasteiger partial charge in [0.05, 0.1) is 12.0 Å². The van der Waals surface area contributed by atoms with Crippen molar-refractivity contribution < 1.29 is 27.9 Å². The lowest BCUT2D eigenvalue weighted by Gasteiger charge is -2.13. The fraction of sp³-hybridized carbons (Fsp3) is 0.176. The van der Waals surface area contributed by atoms with Crippen molar-refractivity contribution >= 4 is 11.8 Å². The normalized spacial score (nSPS) is 11.3. The molecule has 2 aromatic carbocycles. The molecule has 120 valence electrons. The van der Waals surface area contributed by atoms with Crippen molar-refractivity contribution in [2.24, 2.45) is 0 Å². The predicted octanol–water partition coefficient (Wildman–Crippen LogP) is 4.42. The van der Waals surface area contributed by atoms with Gasteiger partial charge in [-0.25, -0.2) is 0 Å². The Morgan fingerprint density at radius 2 is 1.52 bits per heavy atom. The largest absolute Gasteiger partial charge is 0.481 e. The lowest BCUT2D eigenvalue weighted by Crippen LogP contribution is -2.07. The third-order valence-electron chi connectivity index (χ3n) is 3.32. The van der Waals surface area contributed by atoms with Gasteiger partial charge < -0.3 is 5.11 Å². The highest BCUT2D eigenvalue weighted by Gasteiger charge is 2.33. The van der Waals surface area contributed by atoms with Gasteiger partial charge in [-0.15, -0.1) is 0 Å². The van der Waals surface area contributed by atoms with E-state index in [-0.39, 0.29) is 29.8 Å². The fourth-order valence-corrected chi connectivity index (χ4v) is 2.18. The summed E-state index contributed by atoms with van der Waals surface area (Å²) in [5.41, 5.74) is -0.0957. The molecule has 0 bridgehead atoms. The number of ketones is 1. The number of carbonyl (C=O) groups is 2. The van der Waals surface area contributed by atoms with E-state index >= 15 is 0 Å². The van der Waals surface area contributed by atoms with Gasteiger partial charge in [-0.2, -0.15) is 13.2 Å². The summed E-state index contributed by atoms with van der Waals surface area (Å²) in [4.78, 5) is 22.2. The van der Waals surface area contributed by atoms with Crippen LogP contribution in [0.4, 0.5) is 13.2 Å². The quantitative estimate of drug-likeness (QED) is 0.829. The molecule has 2 rings (SSSR count). The molecular formula is C17H13F3O3. The van der Waals surface area contributed by atoms with Crippen LogP contribution in [0.25, 0.3) is 11.1 Å². The van der Waals surface area contributed by atoms with E-state index in [1.54, 1.807) is 0 Å². The molecule has 0 aromatic heterocycles. The Balaban J connectivity index is 2.27. The van der Waals surface area contributed by atoms with E-state index in [9.17, 15) is 22.8 Å². The SMILES string of the molecule is O=C(O)CCC(=O)c1ccc(-c2ccccc2C(F)(F)F)cc1. The Bertz CT molecular complexity index is 719. The Kier molecular flexibility index (Phi) is 4.83. The summed E-state index contributed by atoms with van der Waals surface area (Å²) >= 11 is 0. The van der Waals surface area contributed by atoms with Crippen LogP contribution in [0.1, 0.15) is 28.8 Å². The molecule has 0 atom stereocenters. The highest BCUT2D eigenvalue weighted by atomic mass is 19.4. The van der Waals surface area contributed by atoms with Gasteiger partial charge in [0.1, 0.15) is 0 Å². The van der Waals surface area contributed by atoms with Crippen LogP contribution in [-0.4, -0.2) is 16.9 Å². The van der Waals surface area contributed by atoms with Crippen LogP contribution >= 0.6 is 0 Å². The maximum atomic E-state index is 13.0. The van der Waals surface area contributed by atoms with E-state index in [0.717, 1.165) is 6.07 Å². The van der Waals surface area contributed by atoms with Crippen molar-refractivity contribution in [1.29, 1.82) is 0 Å². The van der Waals surface area contributed by atoms with E-state index in [4.69, 9.17) is 5.11 Å². The molecule has 0 heterocycles. The van der Waals surface area contributed by atoms with Gasteiger partial charge in [0.2, 0.25) is 0 Å². The average Bonchev–Trinajstić information content (AvgIpc) is 2.52. The van der Waals surface area contributed by atoms with Crippen molar-refractivity contribution in [3.05, 3.63) is 59.7 Å². The second-order valence-corrected chi connectivity index (χ2v) is 4.94. The molecule has 0 saturated carbocycles. The third kappa shape index (κ3) is 4.18. The molecule has 0 aliphatic heterocycles. The van der Waals surface area contributed by atoms with Crippen molar-refractivity contribution in [3.63, 3.8) is 0 Å². The van der Waals surface area contributed by atoms with Crippen molar-refractivity contribution in [3.8, 4) is 11.1 Å². The first-order valence-electron chi connectivity index (χ1n) is 6.80. The van der Waals surface area contributed by atoms with Gasteiger partial charge >= 0.3 is 12.1 Å². The first-order valence-corrected chi connectivity index (χ1v) is 6.80. The van der Waals surface area contributed by atoms with E-state index in [2.05, 4.69) is 0 Å². The molecule has 0 aliphatic carbocycles. The van der Waals surface area contributed by atoms with Crippen LogP contribution < -0.4 is 0 Å². The first kappa shape index (κ1) is 16.7. The van der Waals surface area contributed by atoms with Crippen LogP contribution in [0, 0.1) is 0 Å². The number of benzene rings is 2. The second kappa shape index (κ2) is 6.64. The number of alkyl halides is 3. The van der Waals surface area contributed by atoms with Crippen LogP contribution in [0.5, 0.6) is 0 Å². The van der Waals surface area contributed by atoms with Gasteiger partial charge in [-0.05, 0) is 17.2 Å². The molecule has 0 amide bonds. The minimum atomic E-state index is -4.47. The Hall–Kier alpha value is -2.63. The standard InChI is InChI=1S/C17H13F3O3/c18-17(19,20)14-4-2-1-3-13(14)11-5-7-12(8-6-11)15(21)9-10-16(22)23/h1-8H,9-10H2,(H,22,23). The molecule has 6 heteroatoms. The molecule has 2 aromatic rings. The number of carboxylic acid groups (broad SMARTS) is 1. The zero-order valence-corrected chi connectivity index (χ0v) is 11.9. The van der Waals surface area contributed by atoms with Crippen molar-refractivity contribution in [2.45, 2.75) is 19.0 Å². The first-order chi connectivity index (χ1) is 10.8. The number of carbonyl (C=O) groups excluding carboxylic acids is 1. The van der Waals surface area contributed by atoms with Crippen LogP contribution in [0.3, 0.4) is 0 Å². The molecule has 3 nitrogen and oxygen atoms in total. The summed E-state index contributed by atoms with van der Waals surface area (Å²) in [5.74, 6) is -1.43. The smallest absolute Gasteiger partial charge is 0.417 e. The molecule has 0 fully saturated rings. The van der Waals surface area contributed by atoms with Gasteiger partial charge in [-0.3, -0.25) is 9.59 Å². The minimum absolute atomic E-state index is 0.0320. The zero-order chi connectivity index (χ0) is 17.0. The Labute approximate surface area is 130 Å². The second-order valence-electron chi connectivity index (χ2n) is 4.94. The number of hydrogen-bond donors (Lipinski definition) is 1. The number of rotatable bonds is 5. The molecule has 23 heavy (non-hydrogen) atoms. The topological polar surface area (TPSA) is 54.4 Å². The van der Waals surface area contributed by atoms with Crippen molar-refractivity contribution in [1.82, 2.24) is 0 Å². The molecule has 0 aliphatic rings. The minimum Gasteiger partial charge on any atom is -0.481 e. The highest BCUT2D eigenvalue weighted by molar-refractivity contribution is 5.97. The van der Waals surface area contributed by atoms with Gasteiger partial charge in [0, 0.05) is 12.0 Å². The van der Waals surface area contributed by atoms with Crippen LogP contribution in [0.15, 0.2) is 48.5 Å². The summed E-state index contributed by atoms with van der Waals surface area (Å²) < 4.78 is 39.0. The Morgan fingerprint density at radius 3 is 2.09 bits per heavy atom. The summed E-state index contributed by atoms with van der Waals surface area (Å²) in [7, 11) is 0. The zero-order valence-electron chi connectivity index (χ0n) is 11.9. The maximum absolute atomic E-state index is 13.0. The van der Waals surface area contributed by atoms with E-state index in [0.29, 0.717) is 5.56 Å². The van der Waals surface area contributed by atoms with Gasteiger partial charge in [0.25, 0.3) is 0 Å². The molecule has 0 spiro atoms. The number of hydrogen-bond acceptors (Lipinski definition) is 2. The van der Waals surface area contributed by atoms with Crippen LogP contribution in [-0.2, 0) is 11.0 Å².